The van der Waals surface area contributed by atoms with E-state index >= 15 is 0 Å². The zero-order valence-electron chi connectivity index (χ0n) is 17.3. The molecule has 0 aliphatic rings. The van der Waals surface area contributed by atoms with Crippen LogP contribution in [0.25, 0.3) is 11.1 Å². The van der Waals surface area contributed by atoms with Crippen molar-refractivity contribution < 1.29 is 9.59 Å². The van der Waals surface area contributed by atoms with E-state index in [1.165, 1.54) is 0 Å². The molecule has 0 radical (unpaired) electrons. The molecular formula is C25H25ClN2O2. The molecule has 154 valence electrons. The minimum Gasteiger partial charge on any atom is -0.313 e. The van der Waals surface area contributed by atoms with Gasteiger partial charge in [0.2, 0.25) is 5.91 Å². The molecule has 1 amide bonds. The van der Waals surface area contributed by atoms with Crippen molar-refractivity contribution in [1.29, 1.82) is 0 Å². The van der Waals surface area contributed by atoms with Crippen LogP contribution in [-0.4, -0.2) is 23.2 Å². The molecule has 0 saturated heterocycles. The second-order valence-corrected chi connectivity index (χ2v) is 7.42. The van der Waals surface area contributed by atoms with Gasteiger partial charge in [0.25, 0.3) is 0 Å². The Hall–Kier alpha value is -2.98. The lowest BCUT2D eigenvalue weighted by atomic mass is 9.99. The number of carbonyl (C=O) groups is 2. The van der Waals surface area contributed by atoms with Crippen molar-refractivity contribution >= 4 is 29.0 Å². The van der Waals surface area contributed by atoms with Gasteiger partial charge in [-0.3, -0.25) is 9.59 Å². The van der Waals surface area contributed by atoms with Gasteiger partial charge in [0.1, 0.15) is 5.15 Å². The maximum Gasteiger partial charge on any atom is 0.226 e. The largest absolute Gasteiger partial charge is 0.313 e. The summed E-state index contributed by atoms with van der Waals surface area (Å²) in [4.78, 5) is 30.4. The Morgan fingerprint density at radius 3 is 2.07 bits per heavy atom. The van der Waals surface area contributed by atoms with Gasteiger partial charge in [-0.1, -0.05) is 61.0 Å². The number of anilines is 1. The van der Waals surface area contributed by atoms with Crippen LogP contribution in [0.15, 0.2) is 66.9 Å². The Morgan fingerprint density at radius 1 is 0.900 bits per heavy atom. The molecule has 0 bridgehead atoms. The molecule has 3 aromatic rings. The Bertz CT molecular complexity index is 997. The lowest BCUT2D eigenvalue weighted by molar-refractivity contribution is -0.118. The molecule has 2 aromatic carbocycles. The Morgan fingerprint density at radius 2 is 1.53 bits per heavy atom. The van der Waals surface area contributed by atoms with E-state index in [1.807, 2.05) is 68.4 Å². The van der Waals surface area contributed by atoms with Gasteiger partial charge in [0, 0.05) is 36.8 Å². The molecule has 30 heavy (non-hydrogen) atoms. The smallest absolute Gasteiger partial charge is 0.226 e. The Labute approximate surface area is 182 Å². The normalized spacial score (nSPS) is 10.6. The van der Waals surface area contributed by atoms with Gasteiger partial charge in [0.15, 0.2) is 5.78 Å². The standard InChI is InChI=1S/C25H25ClN2O2/c1-3-25(30)28(4-2)22-13-11-20(12-14-22)19-7-9-21(10-8-19)23(29)15-5-18-6-16-24(26)27-17-18/h6-14,16-17H,3-5,15H2,1-2H3. The average molecular weight is 421 g/mol. The first-order valence-electron chi connectivity index (χ1n) is 10.2. The molecular weight excluding hydrogens is 396 g/mol. The number of carbonyl (C=O) groups excluding carboxylic acids is 2. The van der Waals surface area contributed by atoms with E-state index in [0.717, 1.165) is 22.4 Å². The zero-order valence-corrected chi connectivity index (χ0v) is 18.0. The van der Waals surface area contributed by atoms with E-state index in [-0.39, 0.29) is 11.7 Å². The van der Waals surface area contributed by atoms with Crippen LogP contribution in [0.3, 0.4) is 0 Å². The van der Waals surface area contributed by atoms with Gasteiger partial charge in [-0.2, -0.15) is 0 Å². The van der Waals surface area contributed by atoms with E-state index in [0.29, 0.717) is 36.5 Å². The van der Waals surface area contributed by atoms with Crippen molar-refractivity contribution in [2.24, 2.45) is 0 Å². The van der Waals surface area contributed by atoms with Gasteiger partial charge in [-0.05, 0) is 48.2 Å². The van der Waals surface area contributed by atoms with Crippen LogP contribution in [-0.2, 0) is 11.2 Å². The fraction of sp³-hybridized carbons (Fsp3) is 0.240. The highest BCUT2D eigenvalue weighted by Crippen LogP contribution is 2.24. The maximum atomic E-state index is 12.5. The van der Waals surface area contributed by atoms with Crippen molar-refractivity contribution in [3.63, 3.8) is 0 Å². The molecule has 0 saturated carbocycles. The number of halogens is 1. The second kappa shape index (κ2) is 10.2. The molecule has 0 spiro atoms. The van der Waals surface area contributed by atoms with Crippen LogP contribution in [0.4, 0.5) is 5.69 Å². The first kappa shape index (κ1) is 21.7. The van der Waals surface area contributed by atoms with Crippen LogP contribution in [0.5, 0.6) is 0 Å². The molecule has 0 aliphatic carbocycles. The molecule has 0 fully saturated rings. The number of nitrogens with zero attached hydrogens (tertiary/aromatic N) is 2. The van der Waals surface area contributed by atoms with Crippen LogP contribution in [0.2, 0.25) is 5.15 Å². The number of amides is 1. The minimum absolute atomic E-state index is 0.100. The summed E-state index contributed by atoms with van der Waals surface area (Å²) in [6.45, 7) is 4.49. The van der Waals surface area contributed by atoms with Gasteiger partial charge >= 0.3 is 0 Å². The van der Waals surface area contributed by atoms with Crippen molar-refractivity contribution in [2.45, 2.75) is 33.1 Å². The molecule has 0 N–H and O–H groups in total. The topological polar surface area (TPSA) is 50.3 Å². The molecule has 1 heterocycles. The number of pyridine rings is 1. The molecule has 5 heteroatoms. The summed E-state index contributed by atoms with van der Waals surface area (Å²) >= 11 is 5.79. The molecule has 4 nitrogen and oxygen atoms in total. The van der Waals surface area contributed by atoms with Crippen molar-refractivity contribution in [3.05, 3.63) is 83.1 Å². The summed E-state index contributed by atoms with van der Waals surface area (Å²) in [5.41, 5.74) is 4.67. The highest BCUT2D eigenvalue weighted by molar-refractivity contribution is 6.29. The number of aryl methyl sites for hydroxylation is 1. The van der Waals surface area contributed by atoms with Crippen LogP contribution in [0.1, 0.15) is 42.6 Å². The summed E-state index contributed by atoms with van der Waals surface area (Å²) in [6, 6.07) is 19.2. The number of ketones is 1. The van der Waals surface area contributed by atoms with E-state index in [9.17, 15) is 9.59 Å². The molecule has 0 atom stereocenters. The number of rotatable bonds is 8. The molecule has 1 aromatic heterocycles. The van der Waals surface area contributed by atoms with Gasteiger partial charge < -0.3 is 4.90 Å². The lowest BCUT2D eigenvalue weighted by Crippen LogP contribution is -2.29. The maximum absolute atomic E-state index is 12.5. The molecule has 0 aliphatic heterocycles. The monoisotopic (exact) mass is 420 g/mol. The van der Waals surface area contributed by atoms with Crippen LogP contribution < -0.4 is 4.90 Å². The van der Waals surface area contributed by atoms with E-state index in [2.05, 4.69) is 4.98 Å². The average Bonchev–Trinajstić information content (AvgIpc) is 2.79. The third-order valence-corrected chi connectivity index (χ3v) is 5.29. The fourth-order valence-corrected chi connectivity index (χ4v) is 3.44. The van der Waals surface area contributed by atoms with E-state index in [1.54, 1.807) is 17.2 Å². The van der Waals surface area contributed by atoms with Gasteiger partial charge in [0.05, 0.1) is 0 Å². The van der Waals surface area contributed by atoms with Crippen molar-refractivity contribution in [1.82, 2.24) is 4.98 Å². The van der Waals surface area contributed by atoms with Crippen molar-refractivity contribution in [2.75, 3.05) is 11.4 Å². The quantitative estimate of drug-likeness (QED) is 0.332. The number of aromatic nitrogens is 1. The van der Waals surface area contributed by atoms with Crippen LogP contribution >= 0.6 is 11.6 Å². The summed E-state index contributed by atoms with van der Waals surface area (Å²) in [6.07, 6.45) is 3.25. The van der Waals surface area contributed by atoms with Crippen LogP contribution in [0, 0.1) is 0 Å². The summed E-state index contributed by atoms with van der Waals surface area (Å²) < 4.78 is 0. The minimum atomic E-state index is 0.100. The molecule has 0 unspecified atom stereocenters. The highest BCUT2D eigenvalue weighted by Gasteiger charge is 2.12. The Balaban J connectivity index is 1.65. The third-order valence-electron chi connectivity index (χ3n) is 5.07. The number of benzene rings is 2. The second-order valence-electron chi connectivity index (χ2n) is 7.03. The third kappa shape index (κ3) is 5.33. The summed E-state index contributed by atoms with van der Waals surface area (Å²) in [5.74, 6) is 0.214. The fourth-order valence-electron chi connectivity index (χ4n) is 3.33. The lowest BCUT2D eigenvalue weighted by Gasteiger charge is -2.20. The van der Waals surface area contributed by atoms with Gasteiger partial charge in [-0.15, -0.1) is 0 Å². The number of hydrogen-bond acceptors (Lipinski definition) is 3. The predicted molar refractivity (Wildman–Crippen MR) is 122 cm³/mol. The summed E-state index contributed by atoms with van der Waals surface area (Å²) in [5, 5.41) is 0.452. The first-order valence-corrected chi connectivity index (χ1v) is 10.5. The van der Waals surface area contributed by atoms with E-state index in [4.69, 9.17) is 11.6 Å². The van der Waals surface area contributed by atoms with Gasteiger partial charge in [-0.25, -0.2) is 4.98 Å². The zero-order chi connectivity index (χ0) is 21.5. The Kier molecular flexibility index (Phi) is 7.36. The predicted octanol–water partition coefficient (Wildman–Crippen LogP) is 5.98. The highest BCUT2D eigenvalue weighted by atomic mass is 35.5. The van der Waals surface area contributed by atoms with E-state index < -0.39 is 0 Å². The SMILES string of the molecule is CCC(=O)N(CC)c1ccc(-c2ccc(C(=O)CCc3ccc(Cl)nc3)cc2)cc1. The van der Waals surface area contributed by atoms with Crippen molar-refractivity contribution in [3.8, 4) is 11.1 Å². The summed E-state index contributed by atoms with van der Waals surface area (Å²) in [7, 11) is 0. The number of hydrogen-bond donors (Lipinski definition) is 0. The first-order chi connectivity index (χ1) is 14.5. The molecule has 3 rings (SSSR count). The number of Topliss-reactive ketones (excluding diaryl/α,β-unsaturated/α-hetero) is 1.